The van der Waals surface area contributed by atoms with Crippen LogP contribution < -0.4 is 5.32 Å². The van der Waals surface area contributed by atoms with Gasteiger partial charge in [-0.1, -0.05) is 13.8 Å². The minimum atomic E-state index is 0.309. The van der Waals surface area contributed by atoms with Crippen molar-refractivity contribution in [1.82, 2.24) is 5.32 Å². The topological polar surface area (TPSA) is 30.5 Å². The van der Waals surface area contributed by atoms with Gasteiger partial charge in [0.1, 0.15) is 0 Å². The highest BCUT2D eigenvalue weighted by Crippen LogP contribution is 2.52. The summed E-state index contributed by atoms with van der Waals surface area (Å²) in [5, 5.41) is 3.90. The van der Waals surface area contributed by atoms with Crippen LogP contribution in [-0.2, 0) is 9.47 Å². The Morgan fingerprint density at radius 3 is 2.76 bits per heavy atom. The van der Waals surface area contributed by atoms with E-state index in [1.54, 1.807) is 0 Å². The average Bonchev–Trinajstić information content (AvgIpc) is 3.00. The molecule has 0 radical (unpaired) electrons. The van der Waals surface area contributed by atoms with Gasteiger partial charge in [-0.05, 0) is 25.7 Å². The van der Waals surface area contributed by atoms with Gasteiger partial charge in [-0.3, -0.25) is 0 Å². The average molecular weight is 237 g/mol. The van der Waals surface area contributed by atoms with E-state index in [0.29, 0.717) is 35.8 Å². The van der Waals surface area contributed by atoms with Crippen molar-refractivity contribution in [2.75, 3.05) is 6.61 Å². The van der Waals surface area contributed by atoms with E-state index in [2.05, 4.69) is 19.2 Å². The second-order valence-electron chi connectivity index (χ2n) is 6.93. The van der Waals surface area contributed by atoms with Crippen LogP contribution in [0.25, 0.3) is 0 Å². The highest BCUT2D eigenvalue weighted by molar-refractivity contribution is 5.13. The highest BCUT2D eigenvalue weighted by atomic mass is 16.5. The highest BCUT2D eigenvalue weighted by Gasteiger charge is 2.60. The van der Waals surface area contributed by atoms with Gasteiger partial charge in [0.15, 0.2) is 0 Å². The van der Waals surface area contributed by atoms with Crippen molar-refractivity contribution in [3.8, 4) is 0 Å². The first-order chi connectivity index (χ1) is 8.16. The van der Waals surface area contributed by atoms with Crippen molar-refractivity contribution in [3.05, 3.63) is 0 Å². The predicted molar refractivity (Wildman–Crippen MR) is 64.9 cm³/mol. The normalized spacial score (nSPS) is 54.7. The fourth-order valence-corrected chi connectivity index (χ4v) is 4.71. The lowest BCUT2D eigenvalue weighted by Crippen LogP contribution is -2.68. The monoisotopic (exact) mass is 237 g/mol. The minimum absolute atomic E-state index is 0.309. The summed E-state index contributed by atoms with van der Waals surface area (Å²) in [6, 6.07) is 1.25. The predicted octanol–water partition coefficient (Wildman–Crippen LogP) is 1.71. The SMILES string of the molecule is CC1(C)C(NC2CC3CCC2O3)C2CCOC21. The zero-order valence-electron chi connectivity index (χ0n) is 10.8. The molecule has 3 heterocycles. The summed E-state index contributed by atoms with van der Waals surface area (Å²) >= 11 is 0. The Bertz CT molecular complexity index is 330. The van der Waals surface area contributed by atoms with Crippen molar-refractivity contribution < 1.29 is 9.47 Å². The molecule has 17 heavy (non-hydrogen) atoms. The lowest BCUT2D eigenvalue weighted by molar-refractivity contribution is -0.117. The van der Waals surface area contributed by atoms with Crippen LogP contribution in [0.4, 0.5) is 0 Å². The Balaban J connectivity index is 1.46. The first-order valence-corrected chi connectivity index (χ1v) is 7.19. The summed E-state index contributed by atoms with van der Waals surface area (Å²) in [7, 11) is 0. The van der Waals surface area contributed by atoms with Crippen LogP contribution >= 0.6 is 0 Å². The van der Waals surface area contributed by atoms with Crippen molar-refractivity contribution >= 4 is 0 Å². The van der Waals surface area contributed by atoms with Crippen LogP contribution in [0.3, 0.4) is 0 Å². The van der Waals surface area contributed by atoms with E-state index in [9.17, 15) is 0 Å². The Morgan fingerprint density at radius 1 is 1.18 bits per heavy atom. The molecule has 0 amide bonds. The number of fused-ring (bicyclic) bond motifs is 3. The number of hydrogen-bond acceptors (Lipinski definition) is 3. The Kier molecular flexibility index (Phi) is 2.19. The number of ether oxygens (including phenoxy) is 2. The summed E-state index contributed by atoms with van der Waals surface area (Å²) < 4.78 is 11.8. The summed E-state index contributed by atoms with van der Waals surface area (Å²) in [4.78, 5) is 0. The van der Waals surface area contributed by atoms with Crippen LogP contribution in [0.2, 0.25) is 0 Å². The Labute approximate surface area is 103 Å². The molecule has 3 heteroatoms. The maximum Gasteiger partial charge on any atom is 0.0733 e. The molecule has 1 aliphatic carbocycles. The van der Waals surface area contributed by atoms with Crippen molar-refractivity contribution in [1.29, 1.82) is 0 Å². The van der Waals surface area contributed by atoms with E-state index in [1.165, 1.54) is 25.7 Å². The zero-order valence-corrected chi connectivity index (χ0v) is 10.8. The molecule has 3 saturated heterocycles. The molecule has 4 fully saturated rings. The number of nitrogens with one attached hydrogen (secondary N) is 1. The molecule has 1 saturated carbocycles. The molecule has 4 rings (SSSR count). The molecule has 0 aromatic rings. The van der Waals surface area contributed by atoms with Gasteiger partial charge < -0.3 is 14.8 Å². The van der Waals surface area contributed by atoms with E-state index in [-0.39, 0.29) is 0 Å². The number of hydrogen-bond donors (Lipinski definition) is 1. The van der Waals surface area contributed by atoms with Gasteiger partial charge >= 0.3 is 0 Å². The van der Waals surface area contributed by atoms with Crippen LogP contribution in [0.5, 0.6) is 0 Å². The van der Waals surface area contributed by atoms with Gasteiger partial charge in [0.05, 0.1) is 18.3 Å². The van der Waals surface area contributed by atoms with E-state index >= 15 is 0 Å². The first-order valence-electron chi connectivity index (χ1n) is 7.19. The van der Waals surface area contributed by atoms with Gasteiger partial charge in [0.2, 0.25) is 0 Å². The lowest BCUT2D eigenvalue weighted by Gasteiger charge is -2.56. The summed E-state index contributed by atoms with van der Waals surface area (Å²) in [5.41, 5.74) is 0.309. The molecule has 2 bridgehead atoms. The quantitative estimate of drug-likeness (QED) is 0.793. The van der Waals surface area contributed by atoms with Gasteiger partial charge in [-0.15, -0.1) is 0 Å². The van der Waals surface area contributed by atoms with Crippen LogP contribution in [0.1, 0.15) is 39.5 Å². The van der Waals surface area contributed by atoms with Crippen LogP contribution in [0.15, 0.2) is 0 Å². The zero-order chi connectivity index (χ0) is 11.6. The first kappa shape index (κ1) is 10.8. The fourth-order valence-electron chi connectivity index (χ4n) is 4.71. The molecule has 6 atom stereocenters. The largest absolute Gasteiger partial charge is 0.377 e. The molecular formula is C14H23NO2. The summed E-state index contributed by atoms with van der Waals surface area (Å²) in [5.74, 6) is 0.754. The van der Waals surface area contributed by atoms with Gasteiger partial charge in [-0.25, -0.2) is 0 Å². The maximum atomic E-state index is 5.94. The molecular weight excluding hydrogens is 214 g/mol. The third-order valence-electron chi connectivity index (χ3n) is 5.60. The molecule has 3 aliphatic heterocycles. The fraction of sp³-hybridized carbons (Fsp3) is 1.00. The van der Waals surface area contributed by atoms with E-state index < -0.39 is 0 Å². The molecule has 0 spiro atoms. The van der Waals surface area contributed by atoms with Gasteiger partial charge in [0, 0.05) is 30.0 Å². The Morgan fingerprint density at radius 2 is 2.06 bits per heavy atom. The molecule has 1 N–H and O–H groups in total. The smallest absolute Gasteiger partial charge is 0.0733 e. The van der Waals surface area contributed by atoms with Gasteiger partial charge in [0.25, 0.3) is 0 Å². The maximum absolute atomic E-state index is 5.94. The van der Waals surface area contributed by atoms with Crippen LogP contribution in [0, 0.1) is 11.3 Å². The molecule has 0 aromatic carbocycles. The second-order valence-corrected chi connectivity index (χ2v) is 6.93. The molecule has 96 valence electrons. The molecule has 6 unspecified atom stereocenters. The molecule has 0 aromatic heterocycles. The van der Waals surface area contributed by atoms with Gasteiger partial charge in [-0.2, -0.15) is 0 Å². The summed E-state index contributed by atoms with van der Waals surface area (Å²) in [6.45, 7) is 5.67. The van der Waals surface area contributed by atoms with E-state index in [4.69, 9.17) is 9.47 Å². The standard InChI is InChI=1S/C14H23NO2/c1-14(2)12(9-5-6-16-13(9)14)15-10-7-8-3-4-11(10)17-8/h8-13,15H,3-7H2,1-2H3. The van der Waals surface area contributed by atoms with Crippen molar-refractivity contribution in [2.45, 2.75) is 69.9 Å². The molecule has 3 nitrogen and oxygen atoms in total. The minimum Gasteiger partial charge on any atom is -0.377 e. The van der Waals surface area contributed by atoms with E-state index in [0.717, 1.165) is 12.5 Å². The van der Waals surface area contributed by atoms with E-state index in [1.807, 2.05) is 0 Å². The Hall–Kier alpha value is -0.120. The van der Waals surface area contributed by atoms with Crippen molar-refractivity contribution in [2.24, 2.45) is 11.3 Å². The second kappa shape index (κ2) is 3.46. The number of rotatable bonds is 2. The molecule has 4 aliphatic rings. The third-order valence-corrected chi connectivity index (χ3v) is 5.60. The van der Waals surface area contributed by atoms with Crippen molar-refractivity contribution in [3.63, 3.8) is 0 Å². The summed E-state index contributed by atoms with van der Waals surface area (Å²) in [6.07, 6.45) is 6.57. The van der Waals surface area contributed by atoms with Crippen LogP contribution in [-0.4, -0.2) is 37.0 Å². The third kappa shape index (κ3) is 1.39. The lowest BCUT2D eigenvalue weighted by atomic mass is 9.57.